The van der Waals surface area contributed by atoms with Crippen LogP contribution in [0.3, 0.4) is 0 Å². The third-order valence-electron chi connectivity index (χ3n) is 6.71. The Morgan fingerprint density at radius 1 is 1.11 bits per heavy atom. The Hall–Kier alpha value is -3.25. The van der Waals surface area contributed by atoms with Crippen LogP contribution in [0.5, 0.6) is 0 Å². The number of anilines is 3. The molecule has 2 aliphatic heterocycles. The van der Waals surface area contributed by atoms with E-state index in [1.54, 1.807) is 36.4 Å². The number of nitrogens with one attached hydrogen (secondary N) is 1. The minimum absolute atomic E-state index is 0. The first kappa shape index (κ1) is 24.4. The fraction of sp³-hybridized carbons (Fsp3) is 0.375. The van der Waals surface area contributed by atoms with Crippen LogP contribution in [0.2, 0.25) is 0 Å². The number of aromatic nitrogens is 2. The average molecular weight is 533 g/mol. The molecule has 0 saturated carbocycles. The number of rotatable bonds is 6. The molecule has 2 aromatic carbocycles. The minimum Gasteiger partial charge on any atom is -0.368 e. The maximum Gasteiger partial charge on any atom is 0.263 e. The molecule has 2 aliphatic rings. The Kier molecular flexibility index (Phi) is 6.80. The van der Waals surface area contributed by atoms with Gasteiger partial charge in [-0.3, -0.25) is 9.52 Å². The summed E-state index contributed by atoms with van der Waals surface area (Å²) >= 11 is 0.971. The molecule has 5 rings (SSSR count). The van der Waals surface area contributed by atoms with Gasteiger partial charge in [0, 0.05) is 57.1 Å². The molecule has 0 spiro atoms. The molecule has 0 radical (unpaired) electrons. The van der Waals surface area contributed by atoms with E-state index in [-0.39, 0.29) is 29.2 Å². The summed E-state index contributed by atoms with van der Waals surface area (Å²) in [4.78, 5) is 23.4. The molecule has 1 saturated heterocycles. The third kappa shape index (κ3) is 5.00. The van der Waals surface area contributed by atoms with E-state index >= 15 is 0 Å². The topological polar surface area (TPSA) is 98.7 Å². The summed E-state index contributed by atoms with van der Waals surface area (Å²) in [5, 5.41) is 0.217. The number of nitrogens with zero attached hydrogens (tertiary/aromatic N) is 5. The number of sulfonamides is 1. The number of fused-ring (bicyclic) bond motifs is 1. The van der Waals surface area contributed by atoms with Crippen LogP contribution in [0.4, 0.5) is 20.9 Å². The van der Waals surface area contributed by atoms with Crippen molar-refractivity contribution >= 4 is 44.0 Å². The van der Waals surface area contributed by atoms with Crippen molar-refractivity contribution in [3.05, 3.63) is 60.2 Å². The number of carbonyl (C=O) groups excluding carboxylic acids is 1. The second-order valence-corrected chi connectivity index (χ2v) is 11.4. The number of aryl methyl sites for hydroxylation is 1. The highest BCUT2D eigenvalue weighted by molar-refractivity contribution is 7.93. The molecule has 1 atom stereocenters. The lowest BCUT2D eigenvalue weighted by Crippen LogP contribution is -2.55. The molecule has 0 aliphatic carbocycles. The molecular weight excluding hydrogens is 503 g/mol. The molecular formula is C24H29FN6O3S2. The number of amides is 1. The molecule has 3 aromatic rings. The van der Waals surface area contributed by atoms with Gasteiger partial charge in [0.15, 0.2) is 0 Å². The summed E-state index contributed by atoms with van der Waals surface area (Å²) in [6, 6.07) is 11.2. The van der Waals surface area contributed by atoms with Crippen LogP contribution >= 0.6 is 11.5 Å². The molecule has 36 heavy (non-hydrogen) atoms. The highest BCUT2D eigenvalue weighted by Crippen LogP contribution is 2.30. The van der Waals surface area contributed by atoms with E-state index in [1.807, 2.05) is 11.8 Å². The van der Waals surface area contributed by atoms with Gasteiger partial charge in [0.2, 0.25) is 11.0 Å². The first-order valence-electron chi connectivity index (χ1n) is 11.8. The lowest BCUT2D eigenvalue weighted by molar-refractivity contribution is -0.132. The number of halogens is 1. The van der Waals surface area contributed by atoms with E-state index in [2.05, 4.69) is 23.9 Å². The van der Waals surface area contributed by atoms with E-state index < -0.39 is 10.0 Å². The average Bonchev–Trinajstić information content (AvgIpc) is 3.40. The zero-order valence-electron chi connectivity index (χ0n) is 19.8. The molecule has 1 fully saturated rings. The predicted octanol–water partition coefficient (Wildman–Crippen LogP) is 3.21. The van der Waals surface area contributed by atoms with Crippen LogP contribution < -0.4 is 14.5 Å². The molecule has 12 heteroatoms. The number of benzene rings is 2. The van der Waals surface area contributed by atoms with Crippen LogP contribution in [-0.2, 0) is 21.2 Å². The van der Waals surface area contributed by atoms with Crippen molar-refractivity contribution in [1.29, 1.82) is 0 Å². The molecule has 9 nitrogen and oxygen atoms in total. The van der Waals surface area contributed by atoms with Crippen molar-refractivity contribution in [2.45, 2.75) is 30.7 Å². The predicted molar refractivity (Wildman–Crippen MR) is 140 cm³/mol. The molecule has 3 heterocycles. The van der Waals surface area contributed by atoms with Gasteiger partial charge in [-0.25, -0.2) is 17.8 Å². The highest BCUT2D eigenvalue weighted by Gasteiger charge is 2.31. The van der Waals surface area contributed by atoms with E-state index in [4.69, 9.17) is 0 Å². The van der Waals surface area contributed by atoms with E-state index in [9.17, 15) is 17.6 Å². The number of carbonyl (C=O) groups is 1. The van der Waals surface area contributed by atoms with Gasteiger partial charge in [-0.05, 0) is 67.8 Å². The van der Waals surface area contributed by atoms with Gasteiger partial charge in [-0.1, -0.05) is 0 Å². The normalized spacial score (nSPS) is 17.0. The second-order valence-electron chi connectivity index (χ2n) is 8.90. The second kappa shape index (κ2) is 10.0. The monoisotopic (exact) mass is 532 g/mol. The van der Waals surface area contributed by atoms with Crippen molar-refractivity contribution in [3.63, 3.8) is 0 Å². The van der Waals surface area contributed by atoms with E-state index in [0.717, 1.165) is 47.9 Å². The SMILES string of the molecule is C[C@H](C(=O)N1CCN(c2ccc(S(=O)(=O)Nc3ncns3)cc2)CC1)N1CCCc2cc(F)ccc21.[HH]. The standard InChI is InChI=1S/C24H27FN6O3S2.H2/c1-17(31-10-2-3-18-15-19(25)4-9-22(18)31)23(32)30-13-11-29(12-14-30)20-5-7-21(8-6-20)36(33,34)28-24-26-16-27-35-24;/h4-9,15-17H,2-3,10-14H2,1H3,(H,26,27,28);1H/t17-;/m1./s1. The first-order valence-corrected chi connectivity index (χ1v) is 14.1. The Bertz CT molecular complexity index is 1330. The van der Waals surface area contributed by atoms with Gasteiger partial charge in [-0.2, -0.15) is 4.37 Å². The van der Waals surface area contributed by atoms with Crippen molar-refractivity contribution in [3.8, 4) is 0 Å². The Morgan fingerprint density at radius 3 is 2.56 bits per heavy atom. The zero-order valence-corrected chi connectivity index (χ0v) is 21.4. The number of piperazine rings is 1. The van der Waals surface area contributed by atoms with E-state index in [0.29, 0.717) is 26.2 Å². The van der Waals surface area contributed by atoms with Gasteiger partial charge in [-0.15, -0.1) is 0 Å². The Labute approximate surface area is 215 Å². The van der Waals surface area contributed by atoms with Crippen LogP contribution in [-0.4, -0.2) is 67.3 Å². The summed E-state index contributed by atoms with van der Waals surface area (Å²) in [6.07, 6.45) is 3.01. The van der Waals surface area contributed by atoms with Crippen LogP contribution in [0.25, 0.3) is 0 Å². The fourth-order valence-corrected chi connectivity index (χ4v) is 6.47. The smallest absolute Gasteiger partial charge is 0.263 e. The summed E-state index contributed by atoms with van der Waals surface area (Å²) in [5.41, 5.74) is 2.80. The molecule has 0 unspecified atom stereocenters. The minimum atomic E-state index is -3.73. The fourth-order valence-electron chi connectivity index (χ4n) is 4.81. The number of hydrogen-bond donors (Lipinski definition) is 1. The maximum absolute atomic E-state index is 13.7. The molecule has 1 N–H and O–H groups in total. The summed E-state index contributed by atoms with van der Waals surface area (Å²) < 4.78 is 45.0. The van der Waals surface area contributed by atoms with Gasteiger partial charge in [0.25, 0.3) is 10.0 Å². The first-order chi connectivity index (χ1) is 17.3. The van der Waals surface area contributed by atoms with Gasteiger partial charge in [0.1, 0.15) is 18.2 Å². The lowest BCUT2D eigenvalue weighted by Gasteiger charge is -2.41. The van der Waals surface area contributed by atoms with Gasteiger partial charge in [0.05, 0.1) is 4.90 Å². The Balaban J connectivity index is 0.00000320. The lowest BCUT2D eigenvalue weighted by atomic mass is 9.99. The van der Waals surface area contributed by atoms with Crippen molar-refractivity contribution < 1.29 is 19.0 Å². The van der Waals surface area contributed by atoms with Gasteiger partial charge < -0.3 is 14.7 Å². The Morgan fingerprint density at radius 2 is 1.86 bits per heavy atom. The molecule has 0 bridgehead atoms. The molecule has 1 amide bonds. The summed E-state index contributed by atoms with van der Waals surface area (Å²) in [5.74, 6) is -0.180. The van der Waals surface area contributed by atoms with Gasteiger partial charge >= 0.3 is 0 Å². The van der Waals surface area contributed by atoms with Crippen molar-refractivity contribution in [2.75, 3.05) is 47.2 Å². The molecule has 192 valence electrons. The van der Waals surface area contributed by atoms with Crippen LogP contribution in [0, 0.1) is 5.82 Å². The van der Waals surface area contributed by atoms with Crippen molar-refractivity contribution in [1.82, 2.24) is 14.3 Å². The summed E-state index contributed by atoms with van der Waals surface area (Å²) in [7, 11) is -3.73. The summed E-state index contributed by atoms with van der Waals surface area (Å²) in [6.45, 7) is 5.14. The van der Waals surface area contributed by atoms with E-state index in [1.165, 1.54) is 12.4 Å². The molecule has 1 aromatic heterocycles. The maximum atomic E-state index is 13.7. The highest BCUT2D eigenvalue weighted by atomic mass is 32.2. The van der Waals surface area contributed by atoms with Crippen LogP contribution in [0.15, 0.2) is 53.7 Å². The van der Waals surface area contributed by atoms with Crippen LogP contribution in [0.1, 0.15) is 20.3 Å². The quantitative estimate of drug-likeness (QED) is 0.521. The number of hydrogen-bond acceptors (Lipinski definition) is 8. The zero-order chi connectivity index (χ0) is 25.3. The van der Waals surface area contributed by atoms with Crippen molar-refractivity contribution in [2.24, 2.45) is 0 Å². The third-order valence-corrected chi connectivity index (χ3v) is 8.77. The largest absolute Gasteiger partial charge is 0.368 e.